The molecule has 1 nitrogen and oxygen atoms in total. The number of hydrogen-bond donors (Lipinski definition) is 2. The maximum Gasteiger partial charge on any atom is 0.0540 e. The highest BCUT2D eigenvalue weighted by molar-refractivity contribution is 7.80. The van der Waals surface area contributed by atoms with Crippen LogP contribution in [0.25, 0.3) is 0 Å². The third kappa shape index (κ3) is 16.4. The van der Waals surface area contributed by atoms with E-state index in [0.29, 0.717) is 0 Å². The fourth-order valence-corrected chi connectivity index (χ4v) is 2.90. The first-order valence-corrected chi connectivity index (χ1v) is 9.73. The molecular weight excluding hydrogens is 264 g/mol. The Kier molecular flexibility index (Phi) is 17.6. The highest BCUT2D eigenvalue weighted by Crippen LogP contribution is 2.16. The summed E-state index contributed by atoms with van der Waals surface area (Å²) in [6.07, 6.45) is 20.1. The second kappa shape index (κ2) is 17.4. The standard InChI is InChI=1S/C12H26S.C6H12O/c1-2-3-4-5-6-7-8-9-10-11-12-13;7-6-4-2-1-3-5-6/h13H,2-12H2,1H3;6-7H,1-5H2. The Morgan fingerprint density at radius 3 is 1.55 bits per heavy atom. The summed E-state index contributed by atoms with van der Waals surface area (Å²) < 4.78 is 0. The predicted molar refractivity (Wildman–Crippen MR) is 94.8 cm³/mol. The Morgan fingerprint density at radius 1 is 0.750 bits per heavy atom. The Labute approximate surface area is 133 Å². The summed E-state index contributed by atoms with van der Waals surface area (Å²) in [6, 6.07) is 0. The number of rotatable bonds is 10. The first-order chi connectivity index (χ1) is 9.81. The number of thiol groups is 1. The minimum absolute atomic E-state index is 0.0359. The van der Waals surface area contributed by atoms with Gasteiger partial charge in [-0.05, 0) is 25.0 Å². The van der Waals surface area contributed by atoms with Crippen molar-refractivity contribution in [3.8, 4) is 0 Å². The van der Waals surface area contributed by atoms with E-state index in [-0.39, 0.29) is 6.10 Å². The minimum Gasteiger partial charge on any atom is -0.393 e. The van der Waals surface area contributed by atoms with E-state index in [1.165, 1.54) is 83.5 Å². The van der Waals surface area contributed by atoms with E-state index >= 15 is 0 Å². The molecule has 0 aromatic heterocycles. The van der Waals surface area contributed by atoms with Crippen LogP contribution in [0.1, 0.15) is 103 Å². The molecule has 0 aliphatic heterocycles. The van der Waals surface area contributed by atoms with Crippen molar-refractivity contribution in [1.29, 1.82) is 0 Å². The lowest BCUT2D eigenvalue weighted by Crippen LogP contribution is -2.09. The molecule has 0 atom stereocenters. The van der Waals surface area contributed by atoms with Gasteiger partial charge in [-0.2, -0.15) is 12.6 Å². The zero-order chi connectivity index (χ0) is 14.9. The third-order valence-corrected chi connectivity index (χ3v) is 4.40. The van der Waals surface area contributed by atoms with Crippen LogP contribution in [-0.4, -0.2) is 17.0 Å². The first kappa shape index (κ1) is 20.3. The van der Waals surface area contributed by atoms with Gasteiger partial charge in [-0.25, -0.2) is 0 Å². The van der Waals surface area contributed by atoms with Gasteiger partial charge in [0.1, 0.15) is 0 Å². The molecule has 1 fully saturated rings. The molecule has 0 bridgehead atoms. The highest BCUT2D eigenvalue weighted by Gasteiger charge is 2.07. The Bertz CT molecular complexity index is 157. The van der Waals surface area contributed by atoms with E-state index in [4.69, 9.17) is 5.11 Å². The van der Waals surface area contributed by atoms with Crippen LogP contribution < -0.4 is 0 Å². The molecule has 0 aromatic rings. The van der Waals surface area contributed by atoms with Crippen LogP contribution in [0.15, 0.2) is 0 Å². The molecule has 0 radical (unpaired) electrons. The average molecular weight is 303 g/mol. The van der Waals surface area contributed by atoms with Gasteiger partial charge in [0.2, 0.25) is 0 Å². The maximum absolute atomic E-state index is 8.91. The summed E-state index contributed by atoms with van der Waals surface area (Å²) in [5, 5.41) is 8.91. The summed E-state index contributed by atoms with van der Waals surface area (Å²) in [4.78, 5) is 0. The van der Waals surface area contributed by atoms with Crippen LogP contribution >= 0.6 is 12.6 Å². The topological polar surface area (TPSA) is 20.2 Å². The Morgan fingerprint density at radius 2 is 1.20 bits per heavy atom. The monoisotopic (exact) mass is 302 g/mol. The van der Waals surface area contributed by atoms with Crippen molar-refractivity contribution in [2.45, 2.75) is 109 Å². The molecular formula is C18H38OS. The number of hydrogen-bond acceptors (Lipinski definition) is 2. The van der Waals surface area contributed by atoms with Crippen LogP contribution in [0.5, 0.6) is 0 Å². The quantitative estimate of drug-likeness (QED) is 0.366. The van der Waals surface area contributed by atoms with Gasteiger partial charge in [-0.15, -0.1) is 0 Å². The molecule has 1 rings (SSSR count). The van der Waals surface area contributed by atoms with Crippen LogP contribution in [0.2, 0.25) is 0 Å². The van der Waals surface area contributed by atoms with E-state index in [1.807, 2.05) is 0 Å². The third-order valence-electron chi connectivity index (χ3n) is 4.09. The Balaban J connectivity index is 0.000000428. The summed E-state index contributed by atoms with van der Waals surface area (Å²) in [5.41, 5.74) is 0. The second-order valence-corrected chi connectivity index (χ2v) is 6.64. The largest absolute Gasteiger partial charge is 0.393 e. The van der Waals surface area contributed by atoms with Crippen LogP contribution in [0.3, 0.4) is 0 Å². The summed E-state index contributed by atoms with van der Waals surface area (Å²) in [7, 11) is 0. The summed E-state index contributed by atoms with van der Waals surface area (Å²) in [6.45, 7) is 2.28. The van der Waals surface area contributed by atoms with Gasteiger partial charge in [0, 0.05) is 0 Å². The van der Waals surface area contributed by atoms with E-state index in [9.17, 15) is 0 Å². The lowest BCUT2D eigenvalue weighted by atomic mass is 9.98. The summed E-state index contributed by atoms with van der Waals surface area (Å²) in [5.74, 6) is 1.07. The number of unbranched alkanes of at least 4 members (excludes halogenated alkanes) is 9. The predicted octanol–water partition coefficient (Wildman–Crippen LogP) is 6.15. The minimum atomic E-state index is 0.0359. The van der Waals surface area contributed by atoms with Crippen molar-refractivity contribution >= 4 is 12.6 Å². The zero-order valence-electron chi connectivity index (χ0n) is 13.8. The Hall–Kier alpha value is 0.310. The molecule has 1 aliphatic carbocycles. The van der Waals surface area contributed by atoms with Gasteiger partial charge in [0.15, 0.2) is 0 Å². The molecule has 0 amide bonds. The molecule has 0 unspecified atom stereocenters. The SMILES string of the molecule is CCCCCCCCCCCCS.OC1CCCCC1. The van der Waals surface area contributed by atoms with E-state index in [0.717, 1.165) is 18.6 Å². The number of aliphatic hydroxyl groups is 1. The van der Waals surface area contributed by atoms with Gasteiger partial charge in [-0.1, -0.05) is 84.0 Å². The molecule has 0 heterocycles. The fraction of sp³-hybridized carbons (Fsp3) is 1.00. The molecule has 1 aliphatic rings. The van der Waals surface area contributed by atoms with Crippen molar-refractivity contribution in [1.82, 2.24) is 0 Å². The molecule has 2 heteroatoms. The first-order valence-electron chi connectivity index (χ1n) is 9.10. The molecule has 122 valence electrons. The molecule has 1 N–H and O–H groups in total. The molecule has 0 aromatic carbocycles. The molecule has 1 saturated carbocycles. The van der Waals surface area contributed by atoms with Gasteiger partial charge in [0.25, 0.3) is 0 Å². The van der Waals surface area contributed by atoms with Crippen molar-refractivity contribution in [2.24, 2.45) is 0 Å². The summed E-state index contributed by atoms with van der Waals surface area (Å²) >= 11 is 4.20. The highest BCUT2D eigenvalue weighted by atomic mass is 32.1. The number of aliphatic hydroxyl groups excluding tert-OH is 1. The smallest absolute Gasteiger partial charge is 0.0540 e. The second-order valence-electron chi connectivity index (χ2n) is 6.20. The van der Waals surface area contributed by atoms with E-state index in [2.05, 4.69) is 19.6 Å². The van der Waals surface area contributed by atoms with Crippen molar-refractivity contribution in [3.63, 3.8) is 0 Å². The van der Waals surface area contributed by atoms with Gasteiger partial charge < -0.3 is 5.11 Å². The van der Waals surface area contributed by atoms with E-state index in [1.54, 1.807) is 0 Å². The molecule has 0 spiro atoms. The normalized spacial score (nSPS) is 15.8. The van der Waals surface area contributed by atoms with Crippen LogP contribution in [-0.2, 0) is 0 Å². The lowest BCUT2D eigenvalue weighted by molar-refractivity contribution is 0.130. The van der Waals surface area contributed by atoms with E-state index < -0.39 is 0 Å². The van der Waals surface area contributed by atoms with Gasteiger partial charge >= 0.3 is 0 Å². The molecule has 0 saturated heterocycles. The molecule has 20 heavy (non-hydrogen) atoms. The van der Waals surface area contributed by atoms with Gasteiger partial charge in [-0.3, -0.25) is 0 Å². The average Bonchev–Trinajstić information content (AvgIpc) is 2.47. The fourth-order valence-electron chi connectivity index (χ4n) is 2.68. The lowest BCUT2D eigenvalue weighted by Gasteiger charge is -2.14. The van der Waals surface area contributed by atoms with Crippen molar-refractivity contribution < 1.29 is 5.11 Å². The van der Waals surface area contributed by atoms with Crippen LogP contribution in [0.4, 0.5) is 0 Å². The van der Waals surface area contributed by atoms with Crippen molar-refractivity contribution in [2.75, 3.05) is 5.75 Å². The zero-order valence-corrected chi connectivity index (χ0v) is 14.7. The van der Waals surface area contributed by atoms with Crippen LogP contribution in [0, 0.1) is 0 Å². The maximum atomic E-state index is 8.91. The van der Waals surface area contributed by atoms with Gasteiger partial charge in [0.05, 0.1) is 6.10 Å². The van der Waals surface area contributed by atoms with Crippen molar-refractivity contribution in [3.05, 3.63) is 0 Å².